The van der Waals surface area contributed by atoms with Gasteiger partial charge in [0.2, 0.25) is 0 Å². The van der Waals surface area contributed by atoms with Crippen molar-refractivity contribution in [3.8, 4) is 22.1 Å². The molecule has 112 valence electrons. The third-order valence-corrected chi connectivity index (χ3v) is 4.39. The van der Waals surface area contributed by atoms with Crippen LogP contribution in [0, 0.1) is 11.6 Å². The molecule has 4 rings (SSSR count). The van der Waals surface area contributed by atoms with Gasteiger partial charge in [0.25, 0.3) is 0 Å². The number of rotatable bonds is 2. The summed E-state index contributed by atoms with van der Waals surface area (Å²) in [7, 11) is 0. The summed E-state index contributed by atoms with van der Waals surface area (Å²) in [4.78, 5) is 4.43. The minimum absolute atomic E-state index is 0.290. The summed E-state index contributed by atoms with van der Waals surface area (Å²) >= 11 is 1.30. The van der Waals surface area contributed by atoms with Crippen molar-refractivity contribution >= 4 is 11.3 Å². The zero-order valence-corrected chi connectivity index (χ0v) is 12.2. The summed E-state index contributed by atoms with van der Waals surface area (Å²) in [6.07, 6.45) is 0. The Kier molecular flexibility index (Phi) is 3.20. The number of aromatic nitrogens is 4. The number of halogens is 2. The Hall–Kier alpha value is -2.19. The maximum absolute atomic E-state index is 13.8. The Bertz CT molecular complexity index is 842. The smallest absolute Gasteiger partial charge is 0.183 e. The SMILES string of the molecule is Fc1ccc(-c2nc(-c3nnc4n3CCNC4)cs2)c(F)c1. The highest BCUT2D eigenvalue weighted by Gasteiger charge is 2.19. The van der Waals surface area contributed by atoms with Crippen LogP contribution in [-0.4, -0.2) is 26.3 Å². The fraction of sp³-hybridized carbons (Fsp3) is 0.214. The van der Waals surface area contributed by atoms with Crippen LogP contribution in [0.25, 0.3) is 22.1 Å². The largest absolute Gasteiger partial charge is 0.308 e. The van der Waals surface area contributed by atoms with E-state index in [0.29, 0.717) is 23.1 Å². The van der Waals surface area contributed by atoms with Gasteiger partial charge in [-0.1, -0.05) is 0 Å². The van der Waals surface area contributed by atoms with Crippen LogP contribution in [0.5, 0.6) is 0 Å². The first-order chi connectivity index (χ1) is 10.7. The number of hydrogen-bond acceptors (Lipinski definition) is 5. The van der Waals surface area contributed by atoms with Crippen LogP contribution in [-0.2, 0) is 13.1 Å². The van der Waals surface area contributed by atoms with Gasteiger partial charge < -0.3 is 9.88 Å². The predicted molar refractivity (Wildman–Crippen MR) is 78.2 cm³/mol. The molecule has 0 radical (unpaired) electrons. The molecule has 0 unspecified atom stereocenters. The fourth-order valence-corrected chi connectivity index (χ4v) is 3.27. The van der Waals surface area contributed by atoms with E-state index >= 15 is 0 Å². The summed E-state index contributed by atoms with van der Waals surface area (Å²) in [5, 5.41) is 13.8. The third kappa shape index (κ3) is 2.20. The van der Waals surface area contributed by atoms with E-state index in [9.17, 15) is 8.78 Å². The molecule has 0 aliphatic carbocycles. The lowest BCUT2D eigenvalue weighted by atomic mass is 10.2. The molecule has 3 aromatic rings. The van der Waals surface area contributed by atoms with Gasteiger partial charge in [-0.3, -0.25) is 0 Å². The van der Waals surface area contributed by atoms with Gasteiger partial charge in [0, 0.05) is 30.1 Å². The van der Waals surface area contributed by atoms with Crippen LogP contribution in [0.15, 0.2) is 23.6 Å². The van der Waals surface area contributed by atoms with Crippen molar-refractivity contribution in [2.75, 3.05) is 6.54 Å². The molecule has 2 aromatic heterocycles. The van der Waals surface area contributed by atoms with E-state index in [1.54, 1.807) is 0 Å². The van der Waals surface area contributed by atoms with Crippen LogP contribution in [0.4, 0.5) is 8.78 Å². The van der Waals surface area contributed by atoms with Gasteiger partial charge >= 0.3 is 0 Å². The van der Waals surface area contributed by atoms with Gasteiger partial charge in [-0.2, -0.15) is 0 Å². The van der Waals surface area contributed by atoms with Crippen LogP contribution >= 0.6 is 11.3 Å². The van der Waals surface area contributed by atoms with E-state index in [-0.39, 0.29) is 5.56 Å². The summed E-state index contributed by atoms with van der Waals surface area (Å²) in [5.74, 6) is 0.329. The first-order valence-electron chi connectivity index (χ1n) is 6.76. The monoisotopic (exact) mass is 319 g/mol. The molecule has 8 heteroatoms. The van der Waals surface area contributed by atoms with Crippen molar-refractivity contribution in [2.45, 2.75) is 13.1 Å². The third-order valence-electron chi connectivity index (χ3n) is 3.52. The Labute approximate surface area is 128 Å². The van der Waals surface area contributed by atoms with Gasteiger partial charge in [0.1, 0.15) is 28.2 Å². The molecule has 0 bridgehead atoms. The highest BCUT2D eigenvalue weighted by Crippen LogP contribution is 2.30. The number of thiazole rings is 1. The maximum atomic E-state index is 13.8. The highest BCUT2D eigenvalue weighted by atomic mass is 32.1. The molecular weight excluding hydrogens is 308 g/mol. The molecule has 0 saturated carbocycles. The Morgan fingerprint density at radius 2 is 2.14 bits per heavy atom. The van der Waals surface area contributed by atoms with E-state index in [2.05, 4.69) is 20.5 Å². The fourth-order valence-electron chi connectivity index (χ4n) is 2.44. The van der Waals surface area contributed by atoms with E-state index in [1.165, 1.54) is 23.5 Å². The normalized spacial score (nSPS) is 14.1. The van der Waals surface area contributed by atoms with Crippen molar-refractivity contribution in [2.24, 2.45) is 0 Å². The topological polar surface area (TPSA) is 55.6 Å². The van der Waals surface area contributed by atoms with Crippen molar-refractivity contribution in [1.82, 2.24) is 25.1 Å². The van der Waals surface area contributed by atoms with Gasteiger partial charge in [-0.15, -0.1) is 21.5 Å². The number of nitrogens with one attached hydrogen (secondary N) is 1. The Morgan fingerprint density at radius 1 is 1.23 bits per heavy atom. The van der Waals surface area contributed by atoms with Gasteiger partial charge in [-0.25, -0.2) is 13.8 Å². The number of hydrogen-bond donors (Lipinski definition) is 1. The van der Waals surface area contributed by atoms with E-state index in [0.717, 1.165) is 25.0 Å². The second-order valence-corrected chi connectivity index (χ2v) is 5.79. The van der Waals surface area contributed by atoms with E-state index in [4.69, 9.17) is 0 Å². The van der Waals surface area contributed by atoms with E-state index < -0.39 is 11.6 Å². The molecular formula is C14H11F2N5S. The number of nitrogens with zero attached hydrogens (tertiary/aromatic N) is 4. The molecule has 0 saturated heterocycles. The second kappa shape index (κ2) is 5.22. The van der Waals surface area contributed by atoms with Crippen molar-refractivity contribution in [3.05, 3.63) is 41.0 Å². The second-order valence-electron chi connectivity index (χ2n) is 4.93. The zero-order chi connectivity index (χ0) is 15.1. The summed E-state index contributed by atoms with van der Waals surface area (Å²) in [6.45, 7) is 2.30. The maximum Gasteiger partial charge on any atom is 0.183 e. The van der Waals surface area contributed by atoms with Crippen molar-refractivity contribution in [3.63, 3.8) is 0 Å². The molecule has 1 aliphatic heterocycles. The Balaban J connectivity index is 1.74. The van der Waals surface area contributed by atoms with Crippen molar-refractivity contribution in [1.29, 1.82) is 0 Å². The lowest BCUT2D eigenvalue weighted by molar-refractivity contribution is 0.508. The van der Waals surface area contributed by atoms with Crippen LogP contribution < -0.4 is 5.32 Å². The summed E-state index contributed by atoms with van der Waals surface area (Å²) in [5.41, 5.74) is 0.946. The molecule has 1 aliphatic rings. The first kappa shape index (κ1) is 13.5. The molecule has 0 amide bonds. The molecule has 3 heterocycles. The van der Waals surface area contributed by atoms with Gasteiger partial charge in [-0.05, 0) is 12.1 Å². The first-order valence-corrected chi connectivity index (χ1v) is 7.64. The predicted octanol–water partition coefficient (Wildman–Crippen LogP) is 2.45. The minimum Gasteiger partial charge on any atom is -0.308 e. The number of fused-ring (bicyclic) bond motifs is 1. The molecule has 0 spiro atoms. The van der Waals surface area contributed by atoms with E-state index in [1.807, 2.05) is 9.95 Å². The lowest BCUT2D eigenvalue weighted by Gasteiger charge is -2.15. The Morgan fingerprint density at radius 3 is 3.00 bits per heavy atom. The molecule has 1 aromatic carbocycles. The minimum atomic E-state index is -0.617. The molecule has 22 heavy (non-hydrogen) atoms. The summed E-state index contributed by atoms with van der Waals surface area (Å²) < 4.78 is 28.9. The van der Waals surface area contributed by atoms with Gasteiger partial charge in [0.05, 0.1) is 6.54 Å². The summed E-state index contributed by atoms with van der Waals surface area (Å²) in [6, 6.07) is 3.49. The quantitative estimate of drug-likeness (QED) is 0.788. The standard InChI is InChI=1S/C14H11F2N5S/c15-8-1-2-9(10(16)5-8)14-18-11(7-22-14)13-20-19-12-6-17-3-4-21(12)13/h1-2,5,7,17H,3-4,6H2. The van der Waals surface area contributed by atoms with Crippen LogP contribution in [0.1, 0.15) is 5.82 Å². The molecule has 0 fully saturated rings. The molecule has 1 N–H and O–H groups in total. The van der Waals surface area contributed by atoms with Crippen molar-refractivity contribution < 1.29 is 8.78 Å². The average Bonchev–Trinajstić information content (AvgIpc) is 3.13. The molecule has 5 nitrogen and oxygen atoms in total. The molecule has 0 atom stereocenters. The lowest BCUT2D eigenvalue weighted by Crippen LogP contribution is -2.28. The highest BCUT2D eigenvalue weighted by molar-refractivity contribution is 7.13. The zero-order valence-electron chi connectivity index (χ0n) is 11.4. The number of benzene rings is 1. The van der Waals surface area contributed by atoms with Crippen LogP contribution in [0.3, 0.4) is 0 Å². The average molecular weight is 319 g/mol. The van der Waals surface area contributed by atoms with Crippen LogP contribution in [0.2, 0.25) is 0 Å². The van der Waals surface area contributed by atoms with Gasteiger partial charge in [0.15, 0.2) is 5.82 Å².